The van der Waals surface area contributed by atoms with Gasteiger partial charge in [0.2, 0.25) is 0 Å². The summed E-state index contributed by atoms with van der Waals surface area (Å²) in [6.45, 7) is 2.27. The lowest BCUT2D eigenvalue weighted by molar-refractivity contribution is 0.0698. The topological polar surface area (TPSA) is 66.8 Å². The number of aromatic nitrogens is 4. The standard InChI is InChI=1S/C19H21N5O/c25-19(17-6-2-8-21-17)24-10-3-5-16(14-24)18-22-9-11-23(18)13-15-4-1-7-20-12-15/h1-2,4,6-9,11-12,16,21H,3,5,10,13-14H2. The van der Waals surface area contributed by atoms with Crippen molar-refractivity contribution in [1.29, 1.82) is 0 Å². The van der Waals surface area contributed by atoms with E-state index in [1.165, 1.54) is 0 Å². The van der Waals surface area contributed by atoms with Crippen molar-refractivity contribution in [2.75, 3.05) is 13.1 Å². The first-order chi connectivity index (χ1) is 12.3. The minimum Gasteiger partial charge on any atom is -0.357 e. The van der Waals surface area contributed by atoms with Crippen LogP contribution in [-0.2, 0) is 6.54 Å². The monoisotopic (exact) mass is 335 g/mol. The number of carbonyl (C=O) groups is 1. The van der Waals surface area contributed by atoms with Crippen molar-refractivity contribution in [2.45, 2.75) is 25.3 Å². The van der Waals surface area contributed by atoms with E-state index in [0.29, 0.717) is 12.2 Å². The molecule has 4 heterocycles. The second kappa shape index (κ2) is 6.93. The van der Waals surface area contributed by atoms with Crippen LogP contribution in [0, 0.1) is 0 Å². The molecule has 3 aromatic heterocycles. The van der Waals surface area contributed by atoms with E-state index in [1.807, 2.05) is 41.7 Å². The van der Waals surface area contributed by atoms with Gasteiger partial charge in [0.1, 0.15) is 11.5 Å². The molecule has 1 unspecified atom stereocenters. The molecule has 0 spiro atoms. The van der Waals surface area contributed by atoms with Crippen LogP contribution in [0.2, 0.25) is 0 Å². The summed E-state index contributed by atoms with van der Waals surface area (Å²) in [5.74, 6) is 1.38. The van der Waals surface area contributed by atoms with Gasteiger partial charge >= 0.3 is 0 Å². The highest BCUT2D eigenvalue weighted by atomic mass is 16.2. The van der Waals surface area contributed by atoms with Gasteiger partial charge in [0.05, 0.1) is 6.54 Å². The first-order valence-corrected chi connectivity index (χ1v) is 8.64. The molecule has 1 fully saturated rings. The fraction of sp³-hybridized carbons (Fsp3) is 0.316. The van der Waals surface area contributed by atoms with E-state index in [1.54, 1.807) is 12.4 Å². The molecular formula is C19H21N5O. The number of imidazole rings is 1. The molecule has 0 saturated carbocycles. The van der Waals surface area contributed by atoms with Crippen LogP contribution < -0.4 is 0 Å². The summed E-state index contributed by atoms with van der Waals surface area (Å²) in [4.78, 5) is 26.3. The number of H-pyrrole nitrogens is 1. The third kappa shape index (κ3) is 3.33. The maximum atomic E-state index is 12.6. The number of aromatic amines is 1. The maximum absolute atomic E-state index is 12.6. The Morgan fingerprint density at radius 3 is 3.04 bits per heavy atom. The second-order valence-corrected chi connectivity index (χ2v) is 6.45. The number of hydrogen-bond acceptors (Lipinski definition) is 3. The molecule has 25 heavy (non-hydrogen) atoms. The fourth-order valence-electron chi connectivity index (χ4n) is 3.51. The van der Waals surface area contributed by atoms with Gasteiger partial charge < -0.3 is 14.5 Å². The van der Waals surface area contributed by atoms with Crippen LogP contribution in [0.1, 0.15) is 40.6 Å². The third-order valence-corrected chi connectivity index (χ3v) is 4.73. The summed E-state index contributed by atoms with van der Waals surface area (Å²) < 4.78 is 2.17. The molecular weight excluding hydrogens is 314 g/mol. The fourth-order valence-corrected chi connectivity index (χ4v) is 3.51. The van der Waals surface area contributed by atoms with Gasteiger partial charge in [-0.25, -0.2) is 4.98 Å². The zero-order valence-electron chi connectivity index (χ0n) is 14.0. The zero-order chi connectivity index (χ0) is 17.1. The van der Waals surface area contributed by atoms with Gasteiger partial charge in [-0.05, 0) is 36.6 Å². The number of nitrogens with one attached hydrogen (secondary N) is 1. The largest absolute Gasteiger partial charge is 0.357 e. The van der Waals surface area contributed by atoms with Crippen LogP contribution in [0.3, 0.4) is 0 Å². The van der Waals surface area contributed by atoms with Gasteiger partial charge in [0.15, 0.2) is 0 Å². The number of rotatable bonds is 4. The van der Waals surface area contributed by atoms with Crippen molar-refractivity contribution in [3.63, 3.8) is 0 Å². The molecule has 0 radical (unpaired) electrons. The zero-order valence-corrected chi connectivity index (χ0v) is 14.0. The van der Waals surface area contributed by atoms with Crippen molar-refractivity contribution in [1.82, 2.24) is 24.4 Å². The highest BCUT2D eigenvalue weighted by Gasteiger charge is 2.28. The molecule has 1 atom stereocenters. The highest BCUT2D eigenvalue weighted by molar-refractivity contribution is 5.92. The Hall–Kier alpha value is -2.89. The van der Waals surface area contributed by atoms with E-state index in [4.69, 9.17) is 0 Å². The van der Waals surface area contributed by atoms with Gasteiger partial charge in [-0.2, -0.15) is 0 Å². The lowest BCUT2D eigenvalue weighted by Gasteiger charge is -2.32. The van der Waals surface area contributed by atoms with Crippen LogP contribution >= 0.6 is 0 Å². The molecule has 1 aliphatic rings. The Labute approximate surface area is 146 Å². The third-order valence-electron chi connectivity index (χ3n) is 4.73. The molecule has 6 nitrogen and oxygen atoms in total. The number of likely N-dealkylation sites (tertiary alicyclic amines) is 1. The summed E-state index contributed by atoms with van der Waals surface area (Å²) in [5.41, 5.74) is 1.80. The Bertz CT molecular complexity index is 825. The SMILES string of the molecule is O=C(c1ccc[nH]1)N1CCCC(c2nccn2Cc2cccnc2)C1. The van der Waals surface area contributed by atoms with Crippen LogP contribution in [0.25, 0.3) is 0 Å². The van der Waals surface area contributed by atoms with Crippen molar-refractivity contribution in [2.24, 2.45) is 0 Å². The number of nitrogens with zero attached hydrogens (tertiary/aromatic N) is 4. The maximum Gasteiger partial charge on any atom is 0.270 e. The van der Waals surface area contributed by atoms with Crippen molar-refractivity contribution >= 4 is 5.91 Å². The number of hydrogen-bond donors (Lipinski definition) is 1. The molecule has 1 saturated heterocycles. The quantitative estimate of drug-likeness (QED) is 0.797. The summed E-state index contributed by atoms with van der Waals surface area (Å²) >= 11 is 0. The molecule has 0 bridgehead atoms. The van der Waals surface area contributed by atoms with E-state index < -0.39 is 0 Å². The molecule has 1 aliphatic heterocycles. The summed E-state index contributed by atoms with van der Waals surface area (Å²) in [5, 5.41) is 0. The van der Waals surface area contributed by atoms with E-state index in [9.17, 15) is 4.79 Å². The molecule has 6 heteroatoms. The van der Waals surface area contributed by atoms with Crippen LogP contribution in [-0.4, -0.2) is 43.4 Å². The van der Waals surface area contributed by atoms with Gasteiger partial charge in [-0.3, -0.25) is 9.78 Å². The Morgan fingerprint density at radius 1 is 1.28 bits per heavy atom. The van der Waals surface area contributed by atoms with Crippen molar-refractivity contribution < 1.29 is 4.79 Å². The number of piperidine rings is 1. The highest BCUT2D eigenvalue weighted by Crippen LogP contribution is 2.27. The summed E-state index contributed by atoms with van der Waals surface area (Å²) in [7, 11) is 0. The van der Waals surface area contributed by atoms with Crippen LogP contribution in [0.5, 0.6) is 0 Å². The van der Waals surface area contributed by atoms with Crippen LogP contribution in [0.4, 0.5) is 0 Å². The molecule has 1 amide bonds. The first-order valence-electron chi connectivity index (χ1n) is 8.64. The van der Waals surface area contributed by atoms with Crippen molar-refractivity contribution in [3.05, 3.63) is 72.3 Å². The summed E-state index contributed by atoms with van der Waals surface area (Å²) in [6, 6.07) is 7.70. The van der Waals surface area contributed by atoms with E-state index in [-0.39, 0.29) is 11.8 Å². The molecule has 4 rings (SSSR count). The molecule has 0 aliphatic carbocycles. The van der Waals surface area contributed by atoms with Gasteiger partial charge in [0, 0.05) is 50.0 Å². The van der Waals surface area contributed by atoms with Crippen LogP contribution in [0.15, 0.2) is 55.2 Å². The van der Waals surface area contributed by atoms with Gasteiger partial charge in [-0.15, -0.1) is 0 Å². The Morgan fingerprint density at radius 2 is 2.24 bits per heavy atom. The predicted molar refractivity (Wildman–Crippen MR) is 94.2 cm³/mol. The lowest BCUT2D eigenvalue weighted by Crippen LogP contribution is -2.40. The number of pyridine rings is 1. The number of amides is 1. The Kier molecular flexibility index (Phi) is 4.33. The van der Waals surface area contributed by atoms with Crippen molar-refractivity contribution in [3.8, 4) is 0 Å². The second-order valence-electron chi connectivity index (χ2n) is 6.45. The smallest absolute Gasteiger partial charge is 0.270 e. The average molecular weight is 335 g/mol. The first kappa shape index (κ1) is 15.6. The minimum atomic E-state index is 0.0695. The molecule has 0 aromatic carbocycles. The van der Waals surface area contributed by atoms with E-state index in [2.05, 4.69) is 25.6 Å². The average Bonchev–Trinajstić information content (AvgIpc) is 3.34. The summed E-state index contributed by atoms with van der Waals surface area (Å²) in [6.07, 6.45) is 11.4. The molecule has 3 aromatic rings. The number of carbonyl (C=O) groups excluding carboxylic acids is 1. The van der Waals surface area contributed by atoms with E-state index >= 15 is 0 Å². The van der Waals surface area contributed by atoms with Gasteiger partial charge in [0.25, 0.3) is 5.91 Å². The normalized spacial score (nSPS) is 17.6. The Balaban J connectivity index is 1.50. The minimum absolute atomic E-state index is 0.0695. The van der Waals surface area contributed by atoms with Gasteiger partial charge in [-0.1, -0.05) is 6.07 Å². The van der Waals surface area contributed by atoms with E-state index in [0.717, 1.165) is 37.3 Å². The molecule has 128 valence electrons. The lowest BCUT2D eigenvalue weighted by atomic mass is 9.96. The predicted octanol–water partition coefficient (Wildman–Crippen LogP) is 2.67. The molecule has 1 N–H and O–H groups in total.